The van der Waals surface area contributed by atoms with Gasteiger partial charge in [0.15, 0.2) is 15.9 Å². The highest BCUT2D eigenvalue weighted by atomic mass is 35.5. The number of nitrogens with one attached hydrogen (secondary N) is 1. The third-order valence-electron chi connectivity index (χ3n) is 4.09. The Morgan fingerprint density at radius 1 is 1.45 bits per heavy atom. The van der Waals surface area contributed by atoms with Crippen LogP contribution in [0.25, 0.3) is 4.96 Å². The second-order valence-electron chi connectivity index (χ2n) is 5.50. The molecule has 1 N–H and O–H groups in total. The van der Waals surface area contributed by atoms with Crippen LogP contribution in [-0.4, -0.2) is 30.2 Å². The Balaban J connectivity index is 1.46. The highest BCUT2D eigenvalue weighted by Crippen LogP contribution is 2.22. The molecule has 0 aromatic carbocycles. The van der Waals surface area contributed by atoms with E-state index in [-0.39, 0.29) is 0 Å². The predicted octanol–water partition coefficient (Wildman–Crippen LogP) is 2.31. The molecule has 0 bridgehead atoms. The minimum absolute atomic E-state index is 0.388. The largest absolute Gasteiger partial charge is 0.306 e. The predicted molar refractivity (Wildman–Crippen MR) is 86.4 cm³/mol. The standard InChI is InChI=1S/C14H17ClN6S/c1-2-11-17-12-4-3-9(8-21(12)19-11)16-7-10-13(15)18-14-20(10)5-6-22-14/h5-6,9,16H,2-4,7-8H2,1H3/t9-/m1/s1. The van der Waals surface area contributed by atoms with Crippen molar-refractivity contribution in [1.82, 2.24) is 29.5 Å². The quantitative estimate of drug-likeness (QED) is 0.794. The molecule has 0 saturated carbocycles. The summed E-state index contributed by atoms with van der Waals surface area (Å²) >= 11 is 7.83. The molecule has 4 rings (SSSR count). The Labute approximate surface area is 137 Å². The molecule has 0 amide bonds. The van der Waals surface area contributed by atoms with Crippen LogP contribution in [0.1, 0.15) is 30.7 Å². The molecule has 6 nitrogen and oxygen atoms in total. The fourth-order valence-corrected chi connectivity index (χ4v) is 3.90. The number of nitrogens with zero attached hydrogens (tertiary/aromatic N) is 5. The molecule has 1 atom stereocenters. The van der Waals surface area contributed by atoms with E-state index in [0.29, 0.717) is 17.7 Å². The fraction of sp³-hybridized carbons (Fsp3) is 0.500. The van der Waals surface area contributed by atoms with Gasteiger partial charge in [-0.1, -0.05) is 18.5 Å². The summed E-state index contributed by atoms with van der Waals surface area (Å²) in [6.45, 7) is 3.67. The molecular weight excluding hydrogens is 320 g/mol. The van der Waals surface area contributed by atoms with Gasteiger partial charge in [0.05, 0.1) is 12.2 Å². The van der Waals surface area contributed by atoms with Crippen molar-refractivity contribution in [2.75, 3.05) is 0 Å². The van der Waals surface area contributed by atoms with Crippen LogP contribution in [0.3, 0.4) is 0 Å². The maximum absolute atomic E-state index is 6.24. The van der Waals surface area contributed by atoms with Gasteiger partial charge in [-0.05, 0) is 6.42 Å². The Bertz CT molecular complexity index is 804. The number of hydrogen-bond acceptors (Lipinski definition) is 5. The van der Waals surface area contributed by atoms with Crippen LogP contribution in [0.2, 0.25) is 5.15 Å². The molecule has 0 radical (unpaired) electrons. The summed E-state index contributed by atoms with van der Waals surface area (Å²) in [6.07, 6.45) is 4.95. The number of hydrogen-bond donors (Lipinski definition) is 1. The van der Waals surface area contributed by atoms with E-state index in [9.17, 15) is 0 Å². The average Bonchev–Trinajstić information content (AvgIpc) is 3.18. The van der Waals surface area contributed by atoms with Gasteiger partial charge in [-0.25, -0.2) is 14.6 Å². The van der Waals surface area contributed by atoms with Gasteiger partial charge in [-0.3, -0.25) is 4.40 Å². The summed E-state index contributed by atoms with van der Waals surface area (Å²) in [5.74, 6) is 2.05. The van der Waals surface area contributed by atoms with Crippen LogP contribution < -0.4 is 5.32 Å². The van der Waals surface area contributed by atoms with Gasteiger partial charge in [0, 0.05) is 37.0 Å². The van der Waals surface area contributed by atoms with Crippen molar-refractivity contribution >= 4 is 27.9 Å². The highest BCUT2D eigenvalue weighted by Gasteiger charge is 2.22. The molecular formula is C14H17ClN6S. The van der Waals surface area contributed by atoms with E-state index in [1.165, 1.54) is 0 Å². The van der Waals surface area contributed by atoms with E-state index in [4.69, 9.17) is 11.6 Å². The molecule has 8 heteroatoms. The number of aromatic nitrogens is 5. The number of aryl methyl sites for hydroxylation is 2. The van der Waals surface area contributed by atoms with E-state index in [0.717, 1.165) is 48.1 Å². The van der Waals surface area contributed by atoms with Crippen LogP contribution in [0, 0.1) is 0 Å². The van der Waals surface area contributed by atoms with Gasteiger partial charge >= 0.3 is 0 Å². The maximum Gasteiger partial charge on any atom is 0.195 e. The van der Waals surface area contributed by atoms with Crippen molar-refractivity contribution in [3.63, 3.8) is 0 Å². The molecule has 0 saturated heterocycles. The van der Waals surface area contributed by atoms with Crippen molar-refractivity contribution in [1.29, 1.82) is 0 Å². The topological polar surface area (TPSA) is 60.0 Å². The zero-order valence-corrected chi connectivity index (χ0v) is 13.9. The summed E-state index contributed by atoms with van der Waals surface area (Å²) < 4.78 is 4.09. The molecule has 4 heterocycles. The summed E-state index contributed by atoms with van der Waals surface area (Å²) in [5.41, 5.74) is 1.02. The second-order valence-corrected chi connectivity index (χ2v) is 6.73. The first-order valence-electron chi connectivity index (χ1n) is 7.50. The van der Waals surface area contributed by atoms with Crippen molar-refractivity contribution < 1.29 is 0 Å². The zero-order valence-electron chi connectivity index (χ0n) is 12.3. The van der Waals surface area contributed by atoms with Gasteiger partial charge in [0.25, 0.3) is 0 Å². The van der Waals surface area contributed by atoms with Gasteiger partial charge in [0.2, 0.25) is 0 Å². The van der Waals surface area contributed by atoms with E-state index in [2.05, 4.69) is 31.7 Å². The molecule has 0 aliphatic carbocycles. The molecule has 3 aromatic rings. The SMILES string of the molecule is CCc1nc2n(n1)C[C@H](NCc1c(Cl)nc3sccn13)CC2. The monoisotopic (exact) mass is 336 g/mol. The molecule has 0 spiro atoms. The van der Waals surface area contributed by atoms with E-state index in [1.54, 1.807) is 11.3 Å². The van der Waals surface area contributed by atoms with Gasteiger partial charge in [0.1, 0.15) is 5.82 Å². The maximum atomic E-state index is 6.24. The minimum atomic E-state index is 0.388. The third-order valence-corrected chi connectivity index (χ3v) is 5.15. The number of rotatable bonds is 4. The Kier molecular flexibility index (Phi) is 3.63. The molecule has 0 unspecified atom stereocenters. The highest BCUT2D eigenvalue weighted by molar-refractivity contribution is 7.15. The molecule has 0 fully saturated rings. The smallest absolute Gasteiger partial charge is 0.195 e. The van der Waals surface area contributed by atoms with Crippen molar-refractivity contribution in [2.24, 2.45) is 0 Å². The lowest BCUT2D eigenvalue weighted by atomic mass is 10.1. The summed E-state index contributed by atoms with van der Waals surface area (Å²) in [7, 11) is 0. The first kappa shape index (κ1) is 14.2. The van der Waals surface area contributed by atoms with Crippen molar-refractivity contribution in [2.45, 2.75) is 45.3 Å². The lowest BCUT2D eigenvalue weighted by molar-refractivity contribution is 0.356. The number of imidazole rings is 1. The molecule has 22 heavy (non-hydrogen) atoms. The zero-order chi connectivity index (χ0) is 15.1. The lowest BCUT2D eigenvalue weighted by Crippen LogP contribution is -2.37. The first-order chi connectivity index (χ1) is 10.7. The average molecular weight is 337 g/mol. The molecule has 1 aliphatic rings. The minimum Gasteiger partial charge on any atom is -0.306 e. The second kappa shape index (κ2) is 5.64. The van der Waals surface area contributed by atoms with Crippen molar-refractivity contribution in [3.05, 3.63) is 34.1 Å². The van der Waals surface area contributed by atoms with Crippen molar-refractivity contribution in [3.8, 4) is 0 Å². The number of halogens is 1. The van der Waals surface area contributed by atoms with Gasteiger partial charge in [-0.2, -0.15) is 5.10 Å². The Morgan fingerprint density at radius 3 is 3.23 bits per heavy atom. The van der Waals surface area contributed by atoms with Crippen LogP contribution in [-0.2, 0) is 25.9 Å². The molecule has 3 aromatic heterocycles. The van der Waals surface area contributed by atoms with E-state index < -0.39 is 0 Å². The summed E-state index contributed by atoms with van der Waals surface area (Å²) in [6, 6.07) is 0.388. The summed E-state index contributed by atoms with van der Waals surface area (Å²) in [5, 5.41) is 10.7. The van der Waals surface area contributed by atoms with Crippen LogP contribution in [0.4, 0.5) is 0 Å². The van der Waals surface area contributed by atoms with Crippen LogP contribution in [0.5, 0.6) is 0 Å². The van der Waals surface area contributed by atoms with E-state index in [1.807, 2.05) is 16.3 Å². The molecule has 116 valence electrons. The lowest BCUT2D eigenvalue weighted by Gasteiger charge is -2.23. The van der Waals surface area contributed by atoms with Crippen LogP contribution >= 0.6 is 22.9 Å². The normalized spacial score (nSPS) is 18.0. The summed E-state index contributed by atoms with van der Waals surface area (Å²) in [4.78, 5) is 9.86. The Hall–Kier alpha value is -1.44. The van der Waals surface area contributed by atoms with Gasteiger partial charge in [-0.15, -0.1) is 11.3 Å². The van der Waals surface area contributed by atoms with Crippen LogP contribution in [0.15, 0.2) is 11.6 Å². The van der Waals surface area contributed by atoms with Gasteiger partial charge < -0.3 is 5.32 Å². The first-order valence-corrected chi connectivity index (χ1v) is 8.76. The fourth-order valence-electron chi connectivity index (χ4n) is 2.88. The van der Waals surface area contributed by atoms with E-state index >= 15 is 0 Å². The molecule has 1 aliphatic heterocycles. The Morgan fingerprint density at radius 2 is 2.36 bits per heavy atom. The third kappa shape index (κ3) is 2.43. The number of thiazole rings is 1. The number of fused-ring (bicyclic) bond motifs is 2.